The van der Waals surface area contributed by atoms with Crippen LogP contribution in [0.2, 0.25) is 0 Å². The molecule has 0 aliphatic rings. The van der Waals surface area contributed by atoms with Crippen LogP contribution in [0.15, 0.2) is 66.9 Å². The number of ether oxygens (including phenoxy) is 1. The van der Waals surface area contributed by atoms with Gasteiger partial charge in [0.2, 0.25) is 0 Å². The number of nitrogens with one attached hydrogen (secondary N) is 2. The number of para-hydroxylation sites is 2. The fourth-order valence-electron chi connectivity index (χ4n) is 2.46. The summed E-state index contributed by atoms with van der Waals surface area (Å²) in [6, 6.07) is 18.8. The predicted octanol–water partition coefficient (Wildman–Crippen LogP) is 2.26. The normalized spacial score (nSPS) is 11.7. The predicted molar refractivity (Wildman–Crippen MR) is 94.8 cm³/mol. The van der Waals surface area contributed by atoms with Crippen LogP contribution in [-0.2, 0) is 16.1 Å². The molecule has 2 aromatic carbocycles. The zero-order valence-electron chi connectivity index (χ0n) is 13.8. The van der Waals surface area contributed by atoms with Crippen molar-refractivity contribution in [3.63, 3.8) is 0 Å². The van der Waals surface area contributed by atoms with Crippen molar-refractivity contribution in [2.24, 2.45) is 0 Å². The lowest BCUT2D eigenvalue weighted by molar-refractivity contribution is -0.132. The Hall–Kier alpha value is -3.28. The lowest BCUT2D eigenvalue weighted by atomic mass is 10.2. The van der Waals surface area contributed by atoms with Crippen molar-refractivity contribution in [2.75, 3.05) is 0 Å². The van der Waals surface area contributed by atoms with Crippen molar-refractivity contribution in [1.82, 2.24) is 15.4 Å². The molecule has 0 aliphatic carbocycles. The molecule has 0 fully saturated rings. The number of rotatable bonds is 5. The number of hydrogen-bond acceptors (Lipinski definition) is 3. The van der Waals surface area contributed by atoms with Gasteiger partial charge in [-0.25, -0.2) is 0 Å². The Labute approximate surface area is 145 Å². The molecule has 1 heterocycles. The SMILES string of the molecule is CC(Oc1ccccc1)C(=O)NNC(=O)Cn1ccc2ccccc21. The molecule has 6 nitrogen and oxygen atoms in total. The minimum Gasteiger partial charge on any atom is -0.481 e. The molecule has 0 radical (unpaired) electrons. The van der Waals surface area contributed by atoms with Crippen LogP contribution in [0.5, 0.6) is 5.75 Å². The van der Waals surface area contributed by atoms with Crippen LogP contribution in [-0.4, -0.2) is 22.5 Å². The second kappa shape index (κ2) is 7.53. The van der Waals surface area contributed by atoms with E-state index in [1.165, 1.54) is 0 Å². The van der Waals surface area contributed by atoms with Gasteiger partial charge in [-0.2, -0.15) is 0 Å². The number of benzene rings is 2. The maximum Gasteiger partial charge on any atom is 0.279 e. The van der Waals surface area contributed by atoms with Crippen LogP contribution in [0.3, 0.4) is 0 Å². The zero-order valence-corrected chi connectivity index (χ0v) is 13.8. The van der Waals surface area contributed by atoms with Gasteiger partial charge in [0.05, 0.1) is 0 Å². The highest BCUT2D eigenvalue weighted by atomic mass is 16.5. The maximum atomic E-state index is 12.1. The molecule has 0 spiro atoms. The van der Waals surface area contributed by atoms with Crippen LogP contribution >= 0.6 is 0 Å². The quantitative estimate of drug-likeness (QED) is 0.702. The average molecular weight is 337 g/mol. The lowest BCUT2D eigenvalue weighted by Gasteiger charge is -2.15. The van der Waals surface area contributed by atoms with Crippen LogP contribution in [0.25, 0.3) is 10.9 Å². The van der Waals surface area contributed by atoms with Gasteiger partial charge in [0.25, 0.3) is 11.8 Å². The van der Waals surface area contributed by atoms with Gasteiger partial charge in [-0.1, -0.05) is 36.4 Å². The topological polar surface area (TPSA) is 72.4 Å². The number of aromatic nitrogens is 1. The highest BCUT2D eigenvalue weighted by molar-refractivity contribution is 5.86. The Morgan fingerprint density at radius 3 is 2.52 bits per heavy atom. The Balaban J connectivity index is 1.51. The number of carbonyl (C=O) groups excluding carboxylic acids is 2. The molecule has 6 heteroatoms. The second-order valence-corrected chi connectivity index (χ2v) is 5.61. The minimum atomic E-state index is -0.727. The molecule has 3 rings (SSSR count). The van der Waals surface area contributed by atoms with E-state index in [1.807, 2.05) is 59.3 Å². The molecule has 2 amide bonds. The number of amides is 2. The van der Waals surface area contributed by atoms with Crippen LogP contribution < -0.4 is 15.6 Å². The van der Waals surface area contributed by atoms with E-state index >= 15 is 0 Å². The standard InChI is InChI=1S/C19H19N3O3/c1-14(25-16-8-3-2-4-9-16)19(24)21-20-18(23)13-22-12-11-15-7-5-6-10-17(15)22/h2-12,14H,13H2,1H3,(H,20,23)(H,21,24). The van der Waals surface area contributed by atoms with Crippen molar-refractivity contribution in [3.05, 3.63) is 66.9 Å². The molecule has 1 aromatic heterocycles. The summed E-state index contributed by atoms with van der Waals surface area (Å²) in [5.74, 6) is -0.147. The minimum absolute atomic E-state index is 0.113. The van der Waals surface area contributed by atoms with E-state index < -0.39 is 12.0 Å². The monoisotopic (exact) mass is 337 g/mol. The molecule has 128 valence electrons. The van der Waals surface area contributed by atoms with Gasteiger partial charge in [-0.05, 0) is 36.6 Å². The van der Waals surface area contributed by atoms with Crippen molar-refractivity contribution >= 4 is 22.7 Å². The molecule has 1 unspecified atom stereocenters. The van der Waals surface area contributed by atoms with E-state index in [2.05, 4.69) is 10.9 Å². The molecule has 25 heavy (non-hydrogen) atoms. The van der Waals surface area contributed by atoms with E-state index in [-0.39, 0.29) is 12.5 Å². The first kappa shape index (κ1) is 16.6. The Morgan fingerprint density at radius 2 is 1.72 bits per heavy atom. The smallest absolute Gasteiger partial charge is 0.279 e. The molecule has 0 saturated heterocycles. The third-order valence-corrected chi connectivity index (χ3v) is 3.74. The first-order chi connectivity index (χ1) is 12.1. The van der Waals surface area contributed by atoms with E-state index in [0.717, 1.165) is 10.9 Å². The molecule has 1 atom stereocenters. The molecule has 3 aromatic rings. The third-order valence-electron chi connectivity index (χ3n) is 3.74. The van der Waals surface area contributed by atoms with Crippen molar-refractivity contribution in [1.29, 1.82) is 0 Å². The van der Waals surface area contributed by atoms with Gasteiger partial charge >= 0.3 is 0 Å². The average Bonchev–Trinajstić information content (AvgIpc) is 3.03. The van der Waals surface area contributed by atoms with Crippen molar-refractivity contribution in [2.45, 2.75) is 19.6 Å². The van der Waals surface area contributed by atoms with E-state index in [1.54, 1.807) is 19.1 Å². The summed E-state index contributed by atoms with van der Waals surface area (Å²) in [4.78, 5) is 24.1. The fourth-order valence-corrected chi connectivity index (χ4v) is 2.46. The molecule has 0 saturated carbocycles. The van der Waals surface area contributed by atoms with E-state index in [0.29, 0.717) is 5.75 Å². The Bertz CT molecular complexity index is 874. The van der Waals surface area contributed by atoms with Gasteiger partial charge < -0.3 is 9.30 Å². The summed E-state index contributed by atoms with van der Waals surface area (Å²) in [7, 11) is 0. The molecular formula is C19H19N3O3. The number of nitrogens with zero attached hydrogens (tertiary/aromatic N) is 1. The first-order valence-electron chi connectivity index (χ1n) is 7.98. The zero-order chi connectivity index (χ0) is 17.6. The molecule has 0 aliphatic heterocycles. The summed E-state index contributed by atoms with van der Waals surface area (Å²) in [6.45, 7) is 1.73. The van der Waals surface area contributed by atoms with Gasteiger partial charge in [0.1, 0.15) is 12.3 Å². The fraction of sp³-hybridized carbons (Fsp3) is 0.158. The Kier molecular flexibility index (Phi) is 4.99. The van der Waals surface area contributed by atoms with Gasteiger partial charge in [-0.15, -0.1) is 0 Å². The maximum absolute atomic E-state index is 12.1. The molecular weight excluding hydrogens is 318 g/mol. The summed E-state index contributed by atoms with van der Waals surface area (Å²) in [6.07, 6.45) is 1.11. The van der Waals surface area contributed by atoms with Crippen LogP contribution in [0, 0.1) is 0 Å². The van der Waals surface area contributed by atoms with Crippen molar-refractivity contribution in [3.8, 4) is 5.75 Å². The number of carbonyl (C=O) groups is 2. The molecule has 2 N–H and O–H groups in total. The number of hydrogen-bond donors (Lipinski definition) is 2. The van der Waals surface area contributed by atoms with E-state index in [9.17, 15) is 9.59 Å². The first-order valence-corrected chi connectivity index (χ1v) is 7.98. The summed E-state index contributed by atoms with van der Waals surface area (Å²) in [5.41, 5.74) is 5.76. The molecule has 0 bridgehead atoms. The summed E-state index contributed by atoms with van der Waals surface area (Å²) in [5, 5.41) is 1.06. The van der Waals surface area contributed by atoms with Crippen molar-refractivity contribution < 1.29 is 14.3 Å². The second-order valence-electron chi connectivity index (χ2n) is 5.61. The number of hydrazine groups is 1. The third kappa shape index (κ3) is 4.17. The highest BCUT2D eigenvalue weighted by Gasteiger charge is 2.15. The summed E-state index contributed by atoms with van der Waals surface area (Å²) < 4.78 is 7.32. The highest BCUT2D eigenvalue weighted by Crippen LogP contribution is 2.14. The Morgan fingerprint density at radius 1 is 1.00 bits per heavy atom. The van der Waals surface area contributed by atoms with E-state index in [4.69, 9.17) is 4.74 Å². The van der Waals surface area contributed by atoms with Gasteiger partial charge in [0.15, 0.2) is 6.10 Å². The van der Waals surface area contributed by atoms with Gasteiger partial charge in [0, 0.05) is 11.7 Å². The van der Waals surface area contributed by atoms with Crippen LogP contribution in [0.1, 0.15) is 6.92 Å². The van der Waals surface area contributed by atoms with Gasteiger partial charge in [-0.3, -0.25) is 20.4 Å². The van der Waals surface area contributed by atoms with Crippen LogP contribution in [0.4, 0.5) is 0 Å². The largest absolute Gasteiger partial charge is 0.481 e. The summed E-state index contributed by atoms with van der Waals surface area (Å²) >= 11 is 0. The lowest BCUT2D eigenvalue weighted by Crippen LogP contribution is -2.48. The number of fused-ring (bicyclic) bond motifs is 1.